The third kappa shape index (κ3) is 3.42. The number of thioether (sulfide) groups is 1. The Morgan fingerprint density at radius 3 is 2.57 bits per heavy atom. The summed E-state index contributed by atoms with van der Waals surface area (Å²) in [5.41, 5.74) is 0.814. The second kappa shape index (κ2) is 6.81. The number of benzene rings is 1. The number of piperazine rings is 1. The average molecular weight is 305 g/mol. The van der Waals surface area contributed by atoms with Gasteiger partial charge in [0, 0.05) is 55.8 Å². The molecule has 2 saturated heterocycles. The molecule has 21 heavy (non-hydrogen) atoms. The lowest BCUT2D eigenvalue weighted by atomic mass is 10.2. The van der Waals surface area contributed by atoms with Gasteiger partial charge in [-0.05, 0) is 36.9 Å². The highest BCUT2D eigenvalue weighted by Gasteiger charge is 2.31. The van der Waals surface area contributed by atoms with Gasteiger partial charge in [-0.2, -0.15) is 0 Å². The van der Waals surface area contributed by atoms with Crippen molar-refractivity contribution in [1.82, 2.24) is 15.1 Å². The summed E-state index contributed by atoms with van der Waals surface area (Å²) in [7, 11) is 0. The van der Waals surface area contributed by atoms with Crippen LogP contribution in [0.15, 0.2) is 29.2 Å². The molecule has 5 heteroatoms. The zero-order valence-electron chi connectivity index (χ0n) is 12.5. The highest BCUT2D eigenvalue weighted by molar-refractivity contribution is 7.98. The first kappa shape index (κ1) is 14.9. The van der Waals surface area contributed by atoms with Crippen LogP contribution in [0.2, 0.25) is 0 Å². The molecule has 0 aromatic heterocycles. The predicted molar refractivity (Wildman–Crippen MR) is 87.0 cm³/mol. The molecule has 1 unspecified atom stereocenters. The Morgan fingerprint density at radius 2 is 1.90 bits per heavy atom. The molecule has 3 rings (SSSR count). The smallest absolute Gasteiger partial charge is 0.253 e. The molecule has 1 N–H and O–H groups in total. The number of carbonyl (C=O) groups is 1. The van der Waals surface area contributed by atoms with Gasteiger partial charge in [-0.25, -0.2) is 0 Å². The highest BCUT2D eigenvalue weighted by atomic mass is 32.2. The van der Waals surface area contributed by atoms with Crippen LogP contribution < -0.4 is 5.32 Å². The lowest BCUT2D eigenvalue weighted by Crippen LogP contribution is -2.49. The van der Waals surface area contributed by atoms with Crippen molar-refractivity contribution in [3.8, 4) is 0 Å². The van der Waals surface area contributed by atoms with Gasteiger partial charge in [-0.1, -0.05) is 0 Å². The standard InChI is InChI=1S/C16H23N3OS/c1-21-15-4-2-13(3-5-15)16(20)19-9-6-14(12-19)18-10-7-17-8-11-18/h2-5,14,17H,6-12H2,1H3. The van der Waals surface area contributed by atoms with Crippen molar-refractivity contribution < 1.29 is 4.79 Å². The molecular formula is C16H23N3OS. The van der Waals surface area contributed by atoms with E-state index in [1.165, 1.54) is 4.90 Å². The van der Waals surface area contributed by atoms with E-state index in [9.17, 15) is 4.79 Å². The number of rotatable bonds is 3. The maximum atomic E-state index is 12.6. The van der Waals surface area contributed by atoms with Gasteiger partial charge in [0.25, 0.3) is 5.91 Å². The van der Waals surface area contributed by atoms with Crippen LogP contribution in [0, 0.1) is 0 Å². The third-order valence-electron chi connectivity index (χ3n) is 4.46. The van der Waals surface area contributed by atoms with E-state index in [-0.39, 0.29) is 5.91 Å². The molecule has 114 valence electrons. The quantitative estimate of drug-likeness (QED) is 0.859. The number of amides is 1. The monoisotopic (exact) mass is 305 g/mol. The number of nitrogens with one attached hydrogen (secondary N) is 1. The number of carbonyl (C=O) groups excluding carboxylic acids is 1. The Morgan fingerprint density at radius 1 is 1.19 bits per heavy atom. The van der Waals surface area contributed by atoms with E-state index in [2.05, 4.69) is 16.5 Å². The minimum absolute atomic E-state index is 0.181. The Bertz CT molecular complexity index is 485. The van der Waals surface area contributed by atoms with Crippen LogP contribution in [0.4, 0.5) is 0 Å². The lowest BCUT2D eigenvalue weighted by Gasteiger charge is -2.32. The van der Waals surface area contributed by atoms with Gasteiger partial charge in [0.15, 0.2) is 0 Å². The molecule has 2 aliphatic heterocycles. The van der Waals surface area contributed by atoms with Gasteiger partial charge >= 0.3 is 0 Å². The topological polar surface area (TPSA) is 35.6 Å². The SMILES string of the molecule is CSc1ccc(C(=O)N2CCC(N3CCNCC3)C2)cc1. The van der Waals surface area contributed by atoms with Crippen LogP contribution in [-0.4, -0.2) is 67.3 Å². The summed E-state index contributed by atoms with van der Waals surface area (Å²) in [6.45, 7) is 6.12. The Hall–Kier alpha value is -1.04. The summed E-state index contributed by atoms with van der Waals surface area (Å²) >= 11 is 1.70. The predicted octanol–water partition coefficient (Wildman–Crippen LogP) is 1.53. The first-order valence-corrected chi connectivity index (χ1v) is 8.88. The molecule has 0 bridgehead atoms. The van der Waals surface area contributed by atoms with Crippen molar-refractivity contribution in [2.75, 3.05) is 45.5 Å². The van der Waals surface area contributed by atoms with Gasteiger partial charge in [0.2, 0.25) is 0 Å². The van der Waals surface area contributed by atoms with E-state index in [1.54, 1.807) is 11.8 Å². The second-order valence-electron chi connectivity index (χ2n) is 5.71. The molecule has 0 radical (unpaired) electrons. The van der Waals surface area contributed by atoms with Gasteiger partial charge in [0.05, 0.1) is 0 Å². The summed E-state index contributed by atoms with van der Waals surface area (Å²) < 4.78 is 0. The van der Waals surface area contributed by atoms with Gasteiger partial charge in [0.1, 0.15) is 0 Å². The zero-order valence-corrected chi connectivity index (χ0v) is 13.4. The molecule has 0 aliphatic carbocycles. The Kier molecular flexibility index (Phi) is 4.83. The minimum atomic E-state index is 0.181. The summed E-state index contributed by atoms with van der Waals surface area (Å²) in [6, 6.07) is 8.50. The first-order chi connectivity index (χ1) is 10.3. The summed E-state index contributed by atoms with van der Waals surface area (Å²) in [6.07, 6.45) is 3.16. The largest absolute Gasteiger partial charge is 0.337 e. The summed E-state index contributed by atoms with van der Waals surface area (Å²) in [5.74, 6) is 0.181. The fourth-order valence-corrected chi connectivity index (χ4v) is 3.60. The molecule has 2 heterocycles. The van der Waals surface area contributed by atoms with Crippen LogP contribution in [-0.2, 0) is 0 Å². The van der Waals surface area contributed by atoms with Crippen molar-refractivity contribution in [2.45, 2.75) is 17.4 Å². The molecule has 1 aromatic rings. The van der Waals surface area contributed by atoms with Gasteiger partial charge in [-0.3, -0.25) is 9.69 Å². The van der Waals surface area contributed by atoms with E-state index in [1.807, 2.05) is 29.2 Å². The molecule has 2 aliphatic rings. The fourth-order valence-electron chi connectivity index (χ4n) is 3.19. The van der Waals surface area contributed by atoms with Crippen LogP contribution in [0.1, 0.15) is 16.8 Å². The maximum absolute atomic E-state index is 12.6. The van der Waals surface area contributed by atoms with Crippen molar-refractivity contribution >= 4 is 17.7 Å². The lowest BCUT2D eigenvalue weighted by molar-refractivity contribution is 0.0773. The van der Waals surface area contributed by atoms with Crippen molar-refractivity contribution in [2.24, 2.45) is 0 Å². The van der Waals surface area contributed by atoms with Crippen LogP contribution in [0.25, 0.3) is 0 Å². The van der Waals surface area contributed by atoms with Gasteiger partial charge < -0.3 is 10.2 Å². The van der Waals surface area contributed by atoms with Crippen molar-refractivity contribution in [1.29, 1.82) is 0 Å². The van der Waals surface area contributed by atoms with E-state index < -0.39 is 0 Å². The summed E-state index contributed by atoms with van der Waals surface area (Å²) in [4.78, 5) is 18.3. The molecule has 1 atom stereocenters. The minimum Gasteiger partial charge on any atom is -0.337 e. The highest BCUT2D eigenvalue weighted by Crippen LogP contribution is 2.20. The number of hydrogen-bond acceptors (Lipinski definition) is 4. The van der Waals surface area contributed by atoms with Gasteiger partial charge in [-0.15, -0.1) is 11.8 Å². The van der Waals surface area contributed by atoms with Crippen molar-refractivity contribution in [3.63, 3.8) is 0 Å². The van der Waals surface area contributed by atoms with E-state index in [4.69, 9.17) is 0 Å². The third-order valence-corrected chi connectivity index (χ3v) is 5.20. The van der Waals surface area contributed by atoms with Crippen LogP contribution >= 0.6 is 11.8 Å². The van der Waals surface area contributed by atoms with Crippen LogP contribution in [0.5, 0.6) is 0 Å². The first-order valence-electron chi connectivity index (χ1n) is 7.66. The number of likely N-dealkylation sites (tertiary alicyclic amines) is 1. The molecule has 1 amide bonds. The Balaban J connectivity index is 1.60. The molecular weight excluding hydrogens is 282 g/mol. The van der Waals surface area contributed by atoms with Crippen LogP contribution in [0.3, 0.4) is 0 Å². The van der Waals surface area contributed by atoms with E-state index in [0.717, 1.165) is 51.3 Å². The molecule has 1 aromatic carbocycles. The molecule has 2 fully saturated rings. The molecule has 0 saturated carbocycles. The van der Waals surface area contributed by atoms with E-state index >= 15 is 0 Å². The molecule has 0 spiro atoms. The summed E-state index contributed by atoms with van der Waals surface area (Å²) in [5, 5.41) is 3.38. The molecule has 4 nitrogen and oxygen atoms in total. The Labute approximate surface area is 130 Å². The number of hydrogen-bond donors (Lipinski definition) is 1. The van der Waals surface area contributed by atoms with E-state index in [0.29, 0.717) is 6.04 Å². The normalized spacial score (nSPS) is 23.5. The van der Waals surface area contributed by atoms with Crippen molar-refractivity contribution in [3.05, 3.63) is 29.8 Å². The average Bonchev–Trinajstić information content (AvgIpc) is 3.05. The number of nitrogens with zero attached hydrogens (tertiary/aromatic N) is 2. The fraction of sp³-hybridized carbons (Fsp3) is 0.562. The zero-order chi connectivity index (χ0) is 14.7. The maximum Gasteiger partial charge on any atom is 0.253 e. The second-order valence-corrected chi connectivity index (χ2v) is 6.59.